The largest absolute Gasteiger partial charge is 0.325 e. The van der Waals surface area contributed by atoms with Crippen molar-refractivity contribution in [1.82, 2.24) is 4.98 Å². The van der Waals surface area contributed by atoms with E-state index in [9.17, 15) is 0 Å². The number of nitrogens with zero attached hydrogens (tertiary/aromatic N) is 1. The van der Waals surface area contributed by atoms with Gasteiger partial charge in [-0.25, -0.2) is 4.98 Å². The Morgan fingerprint density at radius 1 is 1.40 bits per heavy atom. The van der Waals surface area contributed by atoms with Gasteiger partial charge in [0.15, 0.2) is 0 Å². The minimum absolute atomic E-state index is 0.523. The molecule has 0 saturated heterocycles. The van der Waals surface area contributed by atoms with Crippen LogP contribution >= 0.6 is 27.3 Å². The van der Waals surface area contributed by atoms with Gasteiger partial charge in [-0.2, -0.15) is 0 Å². The van der Waals surface area contributed by atoms with Crippen LogP contribution in [-0.2, 0) is 13.0 Å². The third-order valence-corrected chi connectivity index (χ3v) is 3.44. The van der Waals surface area contributed by atoms with Crippen LogP contribution in [0, 0.1) is 0 Å². The Bertz CT molecular complexity index is 453. The van der Waals surface area contributed by atoms with Gasteiger partial charge in [-0.15, -0.1) is 11.3 Å². The summed E-state index contributed by atoms with van der Waals surface area (Å²) >= 11 is 5.13. The van der Waals surface area contributed by atoms with Crippen LogP contribution in [0.25, 0.3) is 0 Å². The minimum atomic E-state index is 0.523. The summed E-state index contributed by atoms with van der Waals surface area (Å²) in [4.78, 5) is 4.43. The quantitative estimate of drug-likeness (QED) is 0.940. The zero-order chi connectivity index (χ0) is 10.7. The van der Waals surface area contributed by atoms with Crippen LogP contribution < -0.4 is 5.73 Å². The van der Waals surface area contributed by atoms with Gasteiger partial charge in [-0.3, -0.25) is 0 Å². The van der Waals surface area contributed by atoms with Gasteiger partial charge in [-0.1, -0.05) is 28.1 Å². The number of rotatable bonds is 3. The summed E-state index contributed by atoms with van der Waals surface area (Å²) in [6, 6.07) is 8.28. The summed E-state index contributed by atoms with van der Waals surface area (Å²) in [5, 5.41) is 3.14. The summed E-state index contributed by atoms with van der Waals surface area (Å²) in [6.45, 7) is 0.523. The molecule has 2 N–H and O–H groups in total. The lowest BCUT2D eigenvalue weighted by molar-refractivity contribution is 0.982. The van der Waals surface area contributed by atoms with Crippen molar-refractivity contribution in [3.05, 3.63) is 50.4 Å². The molecule has 1 aromatic carbocycles. The first-order valence-electron chi connectivity index (χ1n) is 4.65. The molecule has 0 unspecified atom stereocenters. The van der Waals surface area contributed by atoms with Gasteiger partial charge >= 0.3 is 0 Å². The fourth-order valence-electron chi connectivity index (χ4n) is 1.35. The van der Waals surface area contributed by atoms with E-state index < -0.39 is 0 Å². The Kier molecular flexibility index (Phi) is 3.51. The minimum Gasteiger partial charge on any atom is -0.325 e. The Balaban J connectivity index is 2.14. The molecule has 15 heavy (non-hydrogen) atoms. The highest BCUT2D eigenvalue weighted by Crippen LogP contribution is 2.17. The van der Waals surface area contributed by atoms with Crippen molar-refractivity contribution in [3.8, 4) is 0 Å². The maximum absolute atomic E-state index is 5.52. The van der Waals surface area contributed by atoms with Crippen molar-refractivity contribution >= 4 is 27.3 Å². The average Bonchev–Trinajstić information content (AvgIpc) is 2.65. The summed E-state index contributed by atoms with van der Waals surface area (Å²) in [6.07, 6.45) is 0.879. The van der Waals surface area contributed by atoms with Crippen molar-refractivity contribution in [2.24, 2.45) is 5.73 Å². The maximum Gasteiger partial charge on any atom is 0.0972 e. The number of hydrogen-bond acceptors (Lipinski definition) is 3. The summed E-state index contributed by atoms with van der Waals surface area (Å²) in [5.41, 5.74) is 7.76. The number of nitrogens with two attached hydrogens (primary N) is 1. The molecule has 0 saturated carbocycles. The Morgan fingerprint density at radius 2 is 2.27 bits per heavy atom. The second-order valence-corrected chi connectivity index (χ2v) is 5.10. The van der Waals surface area contributed by atoms with E-state index in [2.05, 4.69) is 33.0 Å². The van der Waals surface area contributed by atoms with Crippen LogP contribution in [0.15, 0.2) is 34.1 Å². The molecule has 0 radical (unpaired) electrons. The van der Waals surface area contributed by atoms with E-state index in [1.165, 1.54) is 5.56 Å². The normalized spacial score (nSPS) is 10.5. The standard InChI is InChI=1S/C11H11BrN2S/c12-9-3-1-2-8(4-9)5-11-14-10(6-13)7-15-11/h1-4,7H,5-6,13H2. The number of hydrogen-bond donors (Lipinski definition) is 1. The highest BCUT2D eigenvalue weighted by atomic mass is 79.9. The molecule has 2 nitrogen and oxygen atoms in total. The lowest BCUT2D eigenvalue weighted by Crippen LogP contribution is -1.96. The van der Waals surface area contributed by atoms with Crippen LogP contribution in [0.5, 0.6) is 0 Å². The molecule has 4 heteroatoms. The Labute approximate surface area is 101 Å². The first-order chi connectivity index (χ1) is 7.28. The zero-order valence-electron chi connectivity index (χ0n) is 8.11. The number of aromatic nitrogens is 1. The average molecular weight is 283 g/mol. The fraction of sp³-hybridized carbons (Fsp3) is 0.182. The SMILES string of the molecule is NCc1csc(Cc2cccc(Br)c2)n1. The molecular weight excluding hydrogens is 272 g/mol. The van der Waals surface area contributed by atoms with Crippen molar-refractivity contribution in [2.75, 3.05) is 0 Å². The van der Waals surface area contributed by atoms with E-state index in [0.29, 0.717) is 6.54 Å². The van der Waals surface area contributed by atoms with Gasteiger partial charge in [0.2, 0.25) is 0 Å². The maximum atomic E-state index is 5.52. The molecule has 78 valence electrons. The van der Waals surface area contributed by atoms with Crippen molar-refractivity contribution in [1.29, 1.82) is 0 Å². The van der Waals surface area contributed by atoms with E-state index in [1.54, 1.807) is 11.3 Å². The van der Waals surface area contributed by atoms with Gasteiger partial charge in [0.25, 0.3) is 0 Å². The van der Waals surface area contributed by atoms with E-state index in [-0.39, 0.29) is 0 Å². The predicted octanol–water partition coefficient (Wildman–Crippen LogP) is 2.96. The van der Waals surface area contributed by atoms with Crippen LogP contribution in [0.2, 0.25) is 0 Å². The van der Waals surface area contributed by atoms with Gasteiger partial charge in [0.05, 0.1) is 10.7 Å². The van der Waals surface area contributed by atoms with E-state index in [1.807, 2.05) is 17.5 Å². The molecule has 0 bridgehead atoms. The molecule has 0 amide bonds. The van der Waals surface area contributed by atoms with Gasteiger partial charge in [-0.05, 0) is 17.7 Å². The first kappa shape index (κ1) is 10.8. The second-order valence-electron chi connectivity index (χ2n) is 3.24. The topological polar surface area (TPSA) is 38.9 Å². The van der Waals surface area contributed by atoms with Crippen LogP contribution in [-0.4, -0.2) is 4.98 Å². The van der Waals surface area contributed by atoms with Crippen LogP contribution in [0.3, 0.4) is 0 Å². The number of benzene rings is 1. The molecule has 0 aliphatic heterocycles. The fourth-order valence-corrected chi connectivity index (χ4v) is 2.63. The smallest absolute Gasteiger partial charge is 0.0972 e. The molecule has 0 fully saturated rings. The lowest BCUT2D eigenvalue weighted by atomic mass is 10.2. The molecule has 0 atom stereocenters. The summed E-state index contributed by atoms with van der Waals surface area (Å²) in [7, 11) is 0. The third kappa shape index (κ3) is 2.87. The molecule has 0 aliphatic carbocycles. The van der Waals surface area contributed by atoms with Crippen molar-refractivity contribution in [2.45, 2.75) is 13.0 Å². The van der Waals surface area contributed by atoms with E-state index >= 15 is 0 Å². The zero-order valence-corrected chi connectivity index (χ0v) is 10.5. The third-order valence-electron chi connectivity index (χ3n) is 2.05. The van der Waals surface area contributed by atoms with Crippen LogP contribution in [0.4, 0.5) is 0 Å². The monoisotopic (exact) mass is 282 g/mol. The molecule has 1 heterocycles. The lowest BCUT2D eigenvalue weighted by Gasteiger charge is -1.98. The number of thiazole rings is 1. The van der Waals surface area contributed by atoms with Gasteiger partial charge in [0.1, 0.15) is 0 Å². The molecular formula is C11H11BrN2S. The van der Waals surface area contributed by atoms with E-state index in [4.69, 9.17) is 5.73 Å². The Hall–Kier alpha value is -0.710. The van der Waals surface area contributed by atoms with Crippen LogP contribution in [0.1, 0.15) is 16.3 Å². The van der Waals surface area contributed by atoms with E-state index in [0.717, 1.165) is 21.6 Å². The van der Waals surface area contributed by atoms with Crippen molar-refractivity contribution < 1.29 is 0 Å². The first-order valence-corrected chi connectivity index (χ1v) is 6.33. The van der Waals surface area contributed by atoms with Gasteiger partial charge in [0, 0.05) is 22.8 Å². The summed E-state index contributed by atoms with van der Waals surface area (Å²) in [5.74, 6) is 0. The highest BCUT2D eigenvalue weighted by Gasteiger charge is 2.02. The molecule has 0 spiro atoms. The predicted molar refractivity (Wildman–Crippen MR) is 67.0 cm³/mol. The van der Waals surface area contributed by atoms with Crippen molar-refractivity contribution in [3.63, 3.8) is 0 Å². The Morgan fingerprint density at radius 3 is 2.93 bits per heavy atom. The summed E-state index contributed by atoms with van der Waals surface area (Å²) < 4.78 is 1.11. The molecule has 0 aliphatic rings. The van der Waals surface area contributed by atoms with Gasteiger partial charge < -0.3 is 5.73 Å². The molecule has 1 aromatic heterocycles. The molecule has 2 aromatic rings. The molecule has 2 rings (SSSR count). The highest BCUT2D eigenvalue weighted by molar-refractivity contribution is 9.10. The second kappa shape index (κ2) is 4.88. The number of halogens is 1.